The maximum Gasteiger partial charge on any atom is 0.264 e. The Morgan fingerprint density at radius 1 is 1.09 bits per heavy atom. The molecule has 0 aromatic heterocycles. The first-order chi connectivity index (χ1) is 16.5. The number of benzene rings is 3. The predicted molar refractivity (Wildman–Crippen MR) is 130 cm³/mol. The highest BCUT2D eigenvalue weighted by atomic mass is 35.5. The molecule has 0 heterocycles. The van der Waals surface area contributed by atoms with Gasteiger partial charge in [0.1, 0.15) is 18.5 Å². The molecule has 1 unspecified atom stereocenters. The first-order valence-corrected chi connectivity index (χ1v) is 12.1. The number of halogens is 3. The lowest BCUT2D eigenvalue weighted by molar-refractivity contribution is -0.116. The lowest BCUT2D eigenvalue weighted by Crippen LogP contribution is -2.39. The Kier molecular flexibility index (Phi) is 8.11. The summed E-state index contributed by atoms with van der Waals surface area (Å²) in [6.45, 7) is -0.789. The van der Waals surface area contributed by atoms with E-state index < -0.39 is 34.4 Å². The minimum absolute atomic E-state index is 0.0902. The highest BCUT2D eigenvalue weighted by Gasteiger charge is 2.32. The Labute approximate surface area is 211 Å². The third kappa shape index (κ3) is 5.46. The van der Waals surface area contributed by atoms with Crippen molar-refractivity contribution in [2.24, 2.45) is 5.73 Å². The van der Waals surface area contributed by atoms with E-state index in [9.17, 15) is 22.7 Å². The van der Waals surface area contributed by atoms with Crippen LogP contribution in [-0.2, 0) is 14.8 Å². The highest BCUT2D eigenvalue weighted by molar-refractivity contribution is 7.92. The zero-order valence-corrected chi connectivity index (χ0v) is 20.9. The van der Waals surface area contributed by atoms with Crippen LogP contribution in [0, 0.1) is 5.82 Å². The van der Waals surface area contributed by atoms with Crippen LogP contribution in [-0.4, -0.2) is 40.2 Å². The van der Waals surface area contributed by atoms with E-state index in [4.69, 9.17) is 38.4 Å². The maximum absolute atomic E-state index is 14.6. The molecule has 3 aromatic rings. The van der Waals surface area contributed by atoms with Crippen LogP contribution in [0.5, 0.6) is 11.5 Å². The number of aliphatic hydroxyl groups is 1. The summed E-state index contributed by atoms with van der Waals surface area (Å²) in [5.41, 5.74) is 4.80. The number of primary amides is 1. The molecule has 3 N–H and O–H groups in total. The second-order valence-corrected chi connectivity index (χ2v) is 9.94. The number of carbonyl (C=O) groups is 1. The molecule has 0 saturated heterocycles. The fraction of sp³-hybridized carbons (Fsp3) is 0.174. The molecule has 1 atom stereocenters. The topological polar surface area (TPSA) is 119 Å². The van der Waals surface area contributed by atoms with E-state index in [0.29, 0.717) is 4.31 Å². The second-order valence-electron chi connectivity index (χ2n) is 7.24. The monoisotopic (exact) mass is 542 g/mol. The Morgan fingerprint density at radius 3 is 2.37 bits per heavy atom. The number of anilines is 1. The number of hydrogen-bond acceptors (Lipinski definition) is 6. The standard InChI is InChI=1S/C23H21Cl2FN2O6S/c1-33-19-9-7-14(11-20(19)34-2)35(31,32)28(12-21(27)29)18-8-6-13(24)10-15(18)23(30)22-16(25)4-3-5-17(22)26/h3-11,23,30H,12H2,1-2H3,(H2,27,29). The number of hydrogen-bond donors (Lipinski definition) is 2. The van der Waals surface area contributed by atoms with E-state index in [2.05, 4.69) is 0 Å². The smallest absolute Gasteiger partial charge is 0.264 e. The molecule has 3 rings (SSSR count). The third-order valence-corrected chi connectivity index (χ3v) is 7.39. The normalized spacial score (nSPS) is 12.2. The molecule has 0 bridgehead atoms. The van der Waals surface area contributed by atoms with Crippen LogP contribution in [0.1, 0.15) is 17.2 Å². The Bertz CT molecular complexity index is 1350. The van der Waals surface area contributed by atoms with Gasteiger partial charge in [0.25, 0.3) is 10.0 Å². The van der Waals surface area contributed by atoms with Gasteiger partial charge in [0.05, 0.1) is 24.8 Å². The molecule has 0 fully saturated rings. The van der Waals surface area contributed by atoms with Crippen molar-refractivity contribution in [3.05, 3.63) is 81.6 Å². The van der Waals surface area contributed by atoms with Crippen molar-refractivity contribution in [3.8, 4) is 11.5 Å². The second kappa shape index (κ2) is 10.7. The van der Waals surface area contributed by atoms with Crippen LogP contribution < -0.4 is 19.5 Å². The average molecular weight is 543 g/mol. The van der Waals surface area contributed by atoms with Gasteiger partial charge in [-0.15, -0.1) is 0 Å². The van der Waals surface area contributed by atoms with Gasteiger partial charge in [-0.2, -0.15) is 0 Å². The Balaban J connectivity index is 2.24. The van der Waals surface area contributed by atoms with Crippen molar-refractivity contribution in [3.63, 3.8) is 0 Å². The van der Waals surface area contributed by atoms with Crippen LogP contribution in [0.2, 0.25) is 10.0 Å². The van der Waals surface area contributed by atoms with Crippen LogP contribution >= 0.6 is 23.2 Å². The van der Waals surface area contributed by atoms with Gasteiger partial charge in [0, 0.05) is 27.2 Å². The number of sulfonamides is 1. The van der Waals surface area contributed by atoms with Gasteiger partial charge < -0.3 is 20.3 Å². The van der Waals surface area contributed by atoms with Gasteiger partial charge in [0.2, 0.25) is 5.91 Å². The number of rotatable bonds is 9. The van der Waals surface area contributed by atoms with Gasteiger partial charge >= 0.3 is 0 Å². The van der Waals surface area contributed by atoms with Crippen molar-refractivity contribution in [2.75, 3.05) is 25.1 Å². The summed E-state index contributed by atoms with van der Waals surface area (Å²) in [6.07, 6.45) is -1.73. The largest absolute Gasteiger partial charge is 0.493 e. The van der Waals surface area contributed by atoms with E-state index in [1.807, 2.05) is 0 Å². The van der Waals surface area contributed by atoms with Gasteiger partial charge in [-0.05, 0) is 42.5 Å². The number of amides is 1. The van der Waals surface area contributed by atoms with Gasteiger partial charge in [-0.1, -0.05) is 29.3 Å². The summed E-state index contributed by atoms with van der Waals surface area (Å²) in [5.74, 6) is -1.39. The summed E-state index contributed by atoms with van der Waals surface area (Å²) >= 11 is 12.2. The summed E-state index contributed by atoms with van der Waals surface area (Å²) in [7, 11) is -1.74. The number of aliphatic hydroxyl groups excluding tert-OH is 1. The van der Waals surface area contributed by atoms with E-state index in [1.54, 1.807) is 0 Å². The van der Waals surface area contributed by atoms with Gasteiger partial charge in [0.15, 0.2) is 11.5 Å². The predicted octanol–water partition coefficient (Wildman–Crippen LogP) is 3.91. The minimum Gasteiger partial charge on any atom is -0.493 e. The number of methoxy groups -OCH3 is 2. The van der Waals surface area contributed by atoms with E-state index in [1.165, 1.54) is 62.8 Å². The van der Waals surface area contributed by atoms with Crippen LogP contribution in [0.4, 0.5) is 10.1 Å². The summed E-state index contributed by atoms with van der Waals surface area (Å²) < 4.78 is 52.9. The molecule has 35 heavy (non-hydrogen) atoms. The number of ether oxygens (including phenoxy) is 2. The lowest BCUT2D eigenvalue weighted by atomic mass is 9.99. The molecule has 12 heteroatoms. The summed E-state index contributed by atoms with van der Waals surface area (Å²) in [5, 5.41) is 11.1. The lowest BCUT2D eigenvalue weighted by Gasteiger charge is -2.28. The third-order valence-electron chi connectivity index (χ3n) is 5.07. The molecule has 0 aliphatic heterocycles. The Hall–Kier alpha value is -3.05. The molecule has 186 valence electrons. The van der Waals surface area contributed by atoms with E-state index in [-0.39, 0.29) is 43.3 Å². The summed E-state index contributed by atoms with van der Waals surface area (Å²) in [6, 6.07) is 11.5. The van der Waals surface area contributed by atoms with Gasteiger partial charge in [-0.25, -0.2) is 12.8 Å². The first-order valence-electron chi connectivity index (χ1n) is 9.95. The molecular formula is C23H21Cl2FN2O6S. The van der Waals surface area contributed by atoms with Crippen molar-refractivity contribution in [1.82, 2.24) is 0 Å². The van der Waals surface area contributed by atoms with Crippen LogP contribution in [0.15, 0.2) is 59.5 Å². The summed E-state index contributed by atoms with van der Waals surface area (Å²) in [4.78, 5) is 11.7. The molecule has 1 amide bonds. The van der Waals surface area contributed by atoms with Crippen molar-refractivity contribution in [2.45, 2.75) is 11.0 Å². The zero-order chi connectivity index (χ0) is 25.9. The first kappa shape index (κ1) is 26.6. The zero-order valence-electron chi connectivity index (χ0n) is 18.5. The maximum atomic E-state index is 14.6. The van der Waals surface area contributed by atoms with E-state index >= 15 is 0 Å². The SMILES string of the molecule is COc1ccc(S(=O)(=O)N(CC(N)=O)c2ccc(Cl)cc2C(O)c2c(F)cccc2Cl)cc1OC. The number of carbonyl (C=O) groups excluding carboxylic acids is 1. The van der Waals surface area contributed by atoms with Crippen molar-refractivity contribution >= 4 is 44.8 Å². The molecule has 0 spiro atoms. The quantitative estimate of drug-likeness (QED) is 0.423. The molecule has 0 aliphatic rings. The van der Waals surface area contributed by atoms with E-state index in [0.717, 1.165) is 6.07 Å². The van der Waals surface area contributed by atoms with Gasteiger partial charge in [-0.3, -0.25) is 9.10 Å². The Morgan fingerprint density at radius 2 is 1.77 bits per heavy atom. The average Bonchev–Trinajstić information content (AvgIpc) is 2.81. The van der Waals surface area contributed by atoms with Crippen molar-refractivity contribution < 1.29 is 32.2 Å². The van der Waals surface area contributed by atoms with Crippen LogP contribution in [0.3, 0.4) is 0 Å². The molecular weight excluding hydrogens is 522 g/mol. The molecule has 0 radical (unpaired) electrons. The van der Waals surface area contributed by atoms with Crippen molar-refractivity contribution in [1.29, 1.82) is 0 Å². The molecule has 0 saturated carbocycles. The minimum atomic E-state index is -4.46. The van der Waals surface area contributed by atoms with Crippen LogP contribution in [0.25, 0.3) is 0 Å². The fourth-order valence-corrected chi connectivity index (χ4v) is 5.36. The molecule has 0 aliphatic carbocycles. The molecule has 8 nitrogen and oxygen atoms in total. The number of nitrogens with two attached hydrogens (primary N) is 1. The molecule has 3 aromatic carbocycles. The number of nitrogens with zero attached hydrogens (tertiary/aromatic N) is 1. The fourth-order valence-electron chi connectivity index (χ4n) is 3.44. The highest BCUT2D eigenvalue weighted by Crippen LogP contribution is 2.39.